The molecule has 0 spiro atoms. The summed E-state index contributed by atoms with van der Waals surface area (Å²) in [7, 11) is -9.98. The first-order valence-corrected chi connectivity index (χ1v) is 9.23. The van der Waals surface area contributed by atoms with E-state index in [0.717, 1.165) is 0 Å². The van der Waals surface area contributed by atoms with Crippen LogP contribution >= 0.6 is 0 Å². The third-order valence-electron chi connectivity index (χ3n) is 3.20. The Morgan fingerprint density at radius 1 is 0.630 bits per heavy atom. The molecular weight excluding hydrogens is 419 g/mol. The average Bonchev–Trinajstić information content (AvgIpc) is 2.43. The molecule has 0 heterocycles. The van der Waals surface area contributed by atoms with Gasteiger partial charge >= 0.3 is 29.6 Å². The van der Waals surface area contributed by atoms with E-state index in [1.54, 1.807) is 0 Å². The van der Waals surface area contributed by atoms with E-state index >= 15 is 0 Å². The van der Waals surface area contributed by atoms with Crippen molar-refractivity contribution < 1.29 is 51.2 Å². The van der Waals surface area contributed by atoms with Crippen molar-refractivity contribution in [2.75, 3.05) is 0 Å². The van der Waals surface area contributed by atoms with E-state index in [9.17, 15) is 42.1 Å². The molecule has 0 aliphatic carbocycles. The van der Waals surface area contributed by atoms with Gasteiger partial charge in [0.25, 0.3) is 20.2 Å². The normalized spacial score (nSPS) is 11.6. The average molecular weight is 430 g/mol. The monoisotopic (exact) mass is 430 g/mol. The summed E-state index contributed by atoms with van der Waals surface area (Å²) in [4.78, 5) is 10.2. The zero-order chi connectivity index (χ0) is 20.0. The van der Waals surface area contributed by atoms with Crippen molar-refractivity contribution in [1.82, 2.24) is 0 Å². The van der Waals surface area contributed by atoms with E-state index in [4.69, 9.17) is 9.11 Å². The van der Waals surface area contributed by atoms with Gasteiger partial charge in [-0.05, 0) is 12.1 Å². The number of phenolic OH excluding ortho intramolecular Hbond substituents is 4. The Labute approximate surface area is 174 Å². The first kappa shape index (κ1) is 23.2. The van der Waals surface area contributed by atoms with E-state index in [-0.39, 0.29) is 29.6 Å². The van der Waals surface area contributed by atoms with Crippen LogP contribution in [-0.4, -0.2) is 81.7 Å². The maximum absolute atomic E-state index is 12.4. The summed E-state index contributed by atoms with van der Waals surface area (Å²) in [6.07, 6.45) is 0. The molecule has 14 heteroatoms. The fourth-order valence-corrected chi connectivity index (χ4v) is 3.22. The molecule has 0 amide bonds. The summed E-state index contributed by atoms with van der Waals surface area (Å²) < 4.78 is 62.7. The van der Waals surface area contributed by atoms with Crippen LogP contribution in [0.15, 0.2) is 34.1 Å². The summed E-state index contributed by atoms with van der Waals surface area (Å²) in [5.74, 6) is -5.40. The van der Waals surface area contributed by atoms with Crippen molar-refractivity contribution in [2.45, 2.75) is 9.79 Å². The quantitative estimate of drug-likeness (QED) is 0.209. The van der Waals surface area contributed by atoms with Gasteiger partial charge in [-0.1, -0.05) is 0 Å². The molecule has 0 aliphatic rings. The second-order valence-corrected chi connectivity index (χ2v) is 7.73. The molecule has 0 bridgehead atoms. The molecule has 6 N–H and O–H groups in total. The van der Waals surface area contributed by atoms with E-state index in [1.165, 1.54) is 0 Å². The second-order valence-electron chi connectivity index (χ2n) is 4.95. The van der Waals surface area contributed by atoms with Crippen LogP contribution in [-0.2, 0) is 20.2 Å². The van der Waals surface area contributed by atoms with Crippen molar-refractivity contribution in [2.24, 2.45) is 0 Å². The molecule has 0 atom stereocenters. The van der Waals surface area contributed by atoms with Crippen molar-refractivity contribution in [3.8, 4) is 23.0 Å². The molecule has 0 aliphatic heterocycles. The Morgan fingerprint density at radius 2 is 0.926 bits per heavy atom. The van der Waals surface area contributed by atoms with E-state index in [0.29, 0.717) is 24.3 Å². The van der Waals surface area contributed by atoms with Crippen LogP contribution in [0.2, 0.25) is 0 Å². The topological polar surface area (TPSA) is 207 Å². The van der Waals surface area contributed by atoms with Gasteiger partial charge < -0.3 is 20.4 Å². The zero-order valence-corrected chi connectivity index (χ0v) is 14.0. The van der Waals surface area contributed by atoms with Gasteiger partial charge in [0.05, 0.1) is 11.1 Å². The van der Waals surface area contributed by atoms with Crippen LogP contribution in [0.1, 0.15) is 15.9 Å². The van der Waals surface area contributed by atoms with E-state index < -0.39 is 69.9 Å². The first-order valence-electron chi connectivity index (χ1n) is 6.35. The van der Waals surface area contributed by atoms with Crippen molar-refractivity contribution in [3.05, 3.63) is 35.4 Å². The number of carbonyl (C=O) groups excluding carboxylic acids is 1. The maximum atomic E-state index is 12.4. The Morgan fingerprint density at radius 3 is 1.19 bits per heavy atom. The van der Waals surface area contributed by atoms with Gasteiger partial charge in [0.1, 0.15) is 32.8 Å². The molecule has 0 saturated carbocycles. The Kier molecular flexibility index (Phi) is 6.55. The van der Waals surface area contributed by atoms with E-state index in [2.05, 4.69) is 0 Å². The molecule has 0 unspecified atom stereocenters. The molecule has 11 nitrogen and oxygen atoms in total. The van der Waals surface area contributed by atoms with Gasteiger partial charge in [0.15, 0.2) is 0 Å². The van der Waals surface area contributed by atoms with Gasteiger partial charge in [-0.3, -0.25) is 13.9 Å². The molecule has 27 heavy (non-hydrogen) atoms. The standard InChI is InChI=1S/C13H10O11S2.Na.H/c14-7-3-9(16)11(25(19,20)21)1-5(7)13(18)6-2-12(26(22,23)24)10(17)4-8(6)15;;/h1-4,14-17H,(H,19,20,21)(H,22,23,24);;. The van der Waals surface area contributed by atoms with Crippen LogP contribution in [0, 0.1) is 0 Å². The molecule has 142 valence electrons. The number of carbonyl (C=O) groups is 1. The van der Waals surface area contributed by atoms with Gasteiger partial charge in [-0.2, -0.15) is 16.8 Å². The number of aromatic hydroxyl groups is 4. The Bertz CT molecular complexity index is 1050. The fourth-order valence-electron chi connectivity index (χ4n) is 2.04. The molecule has 2 rings (SSSR count). The third-order valence-corrected chi connectivity index (χ3v) is 4.97. The summed E-state index contributed by atoms with van der Waals surface area (Å²) in [5.41, 5.74) is -1.67. The number of hydrogen-bond donors (Lipinski definition) is 6. The molecule has 0 aromatic heterocycles. The summed E-state index contributed by atoms with van der Waals surface area (Å²) in [6.45, 7) is 0. The van der Waals surface area contributed by atoms with Crippen molar-refractivity contribution in [3.63, 3.8) is 0 Å². The number of ketones is 1. The molecule has 0 radical (unpaired) electrons. The molecule has 0 fully saturated rings. The number of benzene rings is 2. The fraction of sp³-hybridized carbons (Fsp3) is 0. The SMILES string of the molecule is O=C(c1cc(S(=O)(=O)O)c(O)cc1O)c1cc(S(=O)(=O)O)c(O)cc1O.[NaH]. The predicted molar refractivity (Wildman–Crippen MR) is 89.8 cm³/mol. The third kappa shape index (κ3) is 4.70. The van der Waals surface area contributed by atoms with Crippen molar-refractivity contribution in [1.29, 1.82) is 0 Å². The first-order chi connectivity index (χ1) is 11.7. The predicted octanol–water partition coefficient (Wildman–Crippen LogP) is -0.415. The van der Waals surface area contributed by atoms with Crippen molar-refractivity contribution >= 4 is 55.6 Å². The van der Waals surface area contributed by atoms with Gasteiger partial charge in [-0.15, -0.1) is 0 Å². The summed E-state index contributed by atoms with van der Waals surface area (Å²) in [5, 5.41) is 38.3. The molecule has 0 saturated heterocycles. The van der Waals surface area contributed by atoms with Crippen LogP contribution in [0.4, 0.5) is 0 Å². The second kappa shape index (κ2) is 7.63. The van der Waals surface area contributed by atoms with Gasteiger partial charge in [-0.25, -0.2) is 0 Å². The van der Waals surface area contributed by atoms with Crippen LogP contribution in [0.3, 0.4) is 0 Å². The number of rotatable bonds is 4. The minimum absolute atomic E-state index is 0. The molecular formula is C13H11NaO11S2. The molecule has 2 aromatic carbocycles. The van der Waals surface area contributed by atoms with Crippen LogP contribution in [0.25, 0.3) is 0 Å². The minimum atomic E-state index is -4.99. The van der Waals surface area contributed by atoms with Crippen LogP contribution in [0.5, 0.6) is 23.0 Å². The zero-order valence-electron chi connectivity index (χ0n) is 12.4. The summed E-state index contributed by atoms with van der Waals surface area (Å²) >= 11 is 0. The van der Waals surface area contributed by atoms with Gasteiger partial charge in [0.2, 0.25) is 5.78 Å². The van der Waals surface area contributed by atoms with E-state index in [1.807, 2.05) is 0 Å². The molecule has 2 aromatic rings. The van der Waals surface area contributed by atoms with Crippen LogP contribution < -0.4 is 0 Å². The Balaban J connectivity index is 0.00000364. The number of hydrogen-bond acceptors (Lipinski definition) is 9. The number of phenols is 4. The summed E-state index contributed by atoms with van der Waals surface area (Å²) in [6, 6.07) is 1.64. The Hall–Kier alpha value is -1.87. The van der Waals surface area contributed by atoms with Gasteiger partial charge in [0, 0.05) is 12.1 Å².